The topological polar surface area (TPSA) is 38.8 Å². The third kappa shape index (κ3) is 5.80. The van der Waals surface area contributed by atoms with Gasteiger partial charge in [-0.15, -0.1) is 0 Å². The second-order valence-corrected chi connectivity index (χ2v) is 2.93. The molecule has 0 aliphatic rings. The summed E-state index contributed by atoms with van der Waals surface area (Å²) in [6.45, 7) is 7.25. The van der Waals surface area contributed by atoms with Crippen molar-refractivity contribution in [1.29, 1.82) is 0 Å². The second-order valence-electron chi connectivity index (χ2n) is 2.93. The molecule has 0 fully saturated rings. The Hall–Kier alpha value is -0.770. The normalized spacial score (nSPS) is 9.93. The highest BCUT2D eigenvalue weighted by atomic mass is 16.7. The maximum atomic E-state index is 11.2. The van der Waals surface area contributed by atoms with Gasteiger partial charge in [-0.2, -0.15) is 5.06 Å². The van der Waals surface area contributed by atoms with Crippen LogP contribution in [0.2, 0.25) is 0 Å². The van der Waals surface area contributed by atoms with Gasteiger partial charge in [0, 0.05) is 6.54 Å². The van der Waals surface area contributed by atoms with Crippen LogP contribution < -0.4 is 0 Å². The van der Waals surface area contributed by atoms with Gasteiger partial charge < -0.3 is 4.74 Å². The lowest BCUT2D eigenvalue weighted by Crippen LogP contribution is -2.32. The zero-order valence-corrected chi connectivity index (χ0v) is 9.41. The third-order valence-electron chi connectivity index (χ3n) is 1.75. The number of rotatable bonds is 7. The average Bonchev–Trinajstić information content (AvgIpc) is 2.18. The quantitative estimate of drug-likeness (QED) is 0.471. The molecule has 0 radical (unpaired) electrons. The molecule has 0 aromatic carbocycles. The number of hydrogen-bond acceptors (Lipinski definition) is 3. The number of nitrogens with zero attached hydrogens (tertiary/aromatic N) is 1. The Labute approximate surface area is 86.1 Å². The van der Waals surface area contributed by atoms with Gasteiger partial charge in [-0.3, -0.25) is 4.84 Å². The summed E-state index contributed by atoms with van der Waals surface area (Å²) in [6, 6.07) is 0. The van der Waals surface area contributed by atoms with E-state index < -0.39 is 6.09 Å². The van der Waals surface area contributed by atoms with Crippen molar-refractivity contribution in [2.45, 2.75) is 40.0 Å². The lowest BCUT2D eigenvalue weighted by Gasteiger charge is -2.18. The van der Waals surface area contributed by atoms with E-state index in [1.54, 1.807) is 6.92 Å². The summed E-state index contributed by atoms with van der Waals surface area (Å²) >= 11 is 0. The first kappa shape index (κ1) is 13.2. The number of carbonyl (C=O) groups excluding carboxylic acids is 1. The number of hydrogen-bond donors (Lipinski definition) is 0. The number of unbranched alkanes of at least 4 members (excludes halogenated alkanes) is 2. The summed E-state index contributed by atoms with van der Waals surface area (Å²) in [6.07, 6.45) is 2.85. The molecule has 0 rings (SSSR count). The van der Waals surface area contributed by atoms with Crippen LogP contribution in [0.1, 0.15) is 40.0 Å². The van der Waals surface area contributed by atoms with Crippen LogP contribution in [0.4, 0.5) is 4.79 Å². The lowest BCUT2D eigenvalue weighted by atomic mass is 10.3. The molecule has 0 aliphatic carbocycles. The minimum atomic E-state index is -0.397. The Kier molecular flexibility index (Phi) is 8.33. The predicted molar refractivity (Wildman–Crippen MR) is 54.9 cm³/mol. The van der Waals surface area contributed by atoms with Crippen LogP contribution >= 0.6 is 0 Å². The SMILES string of the molecule is CCCCCON(CC)C(=O)OCC. The summed E-state index contributed by atoms with van der Waals surface area (Å²) in [7, 11) is 0. The van der Waals surface area contributed by atoms with E-state index in [-0.39, 0.29) is 0 Å². The van der Waals surface area contributed by atoms with Crippen molar-refractivity contribution in [2.24, 2.45) is 0 Å². The summed E-state index contributed by atoms with van der Waals surface area (Å²) in [5, 5.41) is 1.26. The van der Waals surface area contributed by atoms with Crippen LogP contribution in [0, 0.1) is 0 Å². The van der Waals surface area contributed by atoms with E-state index in [0.717, 1.165) is 19.3 Å². The van der Waals surface area contributed by atoms with Crippen molar-refractivity contribution in [3.8, 4) is 0 Å². The van der Waals surface area contributed by atoms with Crippen molar-refractivity contribution < 1.29 is 14.4 Å². The van der Waals surface area contributed by atoms with Gasteiger partial charge in [0.25, 0.3) is 0 Å². The third-order valence-corrected chi connectivity index (χ3v) is 1.75. The molecule has 0 saturated heterocycles. The molecular weight excluding hydrogens is 182 g/mol. The Morgan fingerprint density at radius 2 is 1.93 bits per heavy atom. The van der Waals surface area contributed by atoms with E-state index in [0.29, 0.717) is 19.8 Å². The molecule has 4 nitrogen and oxygen atoms in total. The molecule has 0 atom stereocenters. The van der Waals surface area contributed by atoms with E-state index >= 15 is 0 Å². The Morgan fingerprint density at radius 1 is 1.21 bits per heavy atom. The first-order valence-electron chi connectivity index (χ1n) is 5.33. The van der Waals surface area contributed by atoms with Crippen molar-refractivity contribution in [2.75, 3.05) is 19.8 Å². The summed E-state index contributed by atoms with van der Waals surface area (Å²) in [5.41, 5.74) is 0. The maximum Gasteiger partial charge on any atom is 0.433 e. The fourth-order valence-corrected chi connectivity index (χ4v) is 0.995. The van der Waals surface area contributed by atoms with Gasteiger partial charge in [0.1, 0.15) is 0 Å². The molecule has 0 spiro atoms. The number of carbonyl (C=O) groups is 1. The Bertz CT molecular complexity index is 150. The molecular formula is C10H21NO3. The maximum absolute atomic E-state index is 11.2. The molecule has 0 aromatic heterocycles. The van der Waals surface area contributed by atoms with E-state index in [1.165, 1.54) is 5.06 Å². The minimum absolute atomic E-state index is 0.383. The molecule has 0 N–H and O–H groups in total. The Morgan fingerprint density at radius 3 is 2.43 bits per heavy atom. The number of ether oxygens (including phenoxy) is 1. The standard InChI is InChI=1S/C10H21NO3/c1-4-7-8-9-14-11(5-2)10(12)13-6-3/h4-9H2,1-3H3. The van der Waals surface area contributed by atoms with Crippen molar-refractivity contribution >= 4 is 6.09 Å². The molecule has 1 amide bonds. The summed E-state index contributed by atoms with van der Waals surface area (Å²) < 4.78 is 4.81. The predicted octanol–water partition coefficient (Wildman–Crippen LogP) is 2.59. The average molecular weight is 203 g/mol. The Balaban J connectivity index is 3.62. The smallest absolute Gasteiger partial charge is 0.433 e. The van der Waals surface area contributed by atoms with Gasteiger partial charge >= 0.3 is 6.09 Å². The van der Waals surface area contributed by atoms with E-state index in [2.05, 4.69) is 6.92 Å². The van der Waals surface area contributed by atoms with Crippen LogP contribution in [-0.2, 0) is 9.57 Å². The van der Waals surface area contributed by atoms with Crippen molar-refractivity contribution in [3.05, 3.63) is 0 Å². The van der Waals surface area contributed by atoms with E-state index in [4.69, 9.17) is 9.57 Å². The van der Waals surface area contributed by atoms with Crippen LogP contribution in [0.3, 0.4) is 0 Å². The number of hydroxylamine groups is 2. The van der Waals surface area contributed by atoms with E-state index in [9.17, 15) is 4.79 Å². The van der Waals surface area contributed by atoms with Gasteiger partial charge in [-0.25, -0.2) is 4.79 Å². The fourth-order valence-electron chi connectivity index (χ4n) is 0.995. The first-order valence-corrected chi connectivity index (χ1v) is 5.33. The largest absolute Gasteiger partial charge is 0.448 e. The molecule has 0 aliphatic heterocycles. The van der Waals surface area contributed by atoms with Gasteiger partial charge in [0.2, 0.25) is 0 Å². The molecule has 4 heteroatoms. The molecule has 0 bridgehead atoms. The van der Waals surface area contributed by atoms with Crippen molar-refractivity contribution in [3.63, 3.8) is 0 Å². The van der Waals surface area contributed by atoms with Gasteiger partial charge in [0.05, 0.1) is 13.2 Å². The van der Waals surface area contributed by atoms with Crippen LogP contribution in [0.15, 0.2) is 0 Å². The molecule has 84 valence electrons. The first-order chi connectivity index (χ1) is 6.76. The highest BCUT2D eigenvalue weighted by Crippen LogP contribution is 1.99. The van der Waals surface area contributed by atoms with Gasteiger partial charge in [0.15, 0.2) is 0 Å². The van der Waals surface area contributed by atoms with E-state index in [1.807, 2.05) is 6.92 Å². The molecule has 0 heterocycles. The minimum Gasteiger partial charge on any atom is -0.448 e. The zero-order valence-electron chi connectivity index (χ0n) is 9.41. The van der Waals surface area contributed by atoms with Crippen LogP contribution in [-0.4, -0.2) is 30.9 Å². The molecule has 0 saturated carbocycles. The summed E-state index contributed by atoms with van der Waals surface area (Å²) in [5.74, 6) is 0. The zero-order chi connectivity index (χ0) is 10.8. The lowest BCUT2D eigenvalue weighted by molar-refractivity contribution is -0.134. The van der Waals surface area contributed by atoms with Gasteiger partial charge in [-0.1, -0.05) is 19.8 Å². The monoisotopic (exact) mass is 203 g/mol. The van der Waals surface area contributed by atoms with Crippen LogP contribution in [0.25, 0.3) is 0 Å². The highest BCUT2D eigenvalue weighted by Gasteiger charge is 2.12. The molecule has 14 heavy (non-hydrogen) atoms. The highest BCUT2D eigenvalue weighted by molar-refractivity contribution is 5.66. The van der Waals surface area contributed by atoms with Crippen molar-refractivity contribution in [1.82, 2.24) is 5.06 Å². The molecule has 0 aromatic rings. The van der Waals surface area contributed by atoms with Crippen LogP contribution in [0.5, 0.6) is 0 Å². The fraction of sp³-hybridized carbons (Fsp3) is 0.900. The number of amides is 1. The van der Waals surface area contributed by atoms with Gasteiger partial charge in [-0.05, 0) is 20.3 Å². The second kappa shape index (κ2) is 8.81. The summed E-state index contributed by atoms with van der Waals surface area (Å²) in [4.78, 5) is 16.5. The molecule has 0 unspecified atom stereocenters.